The molecule has 1 aromatic rings. The molecule has 4 heteroatoms. The highest BCUT2D eigenvalue weighted by molar-refractivity contribution is 7.09. The van der Waals surface area contributed by atoms with Crippen LogP contribution in [0.3, 0.4) is 0 Å². The molecule has 1 fully saturated rings. The monoisotopic (exact) mass is 239 g/mol. The first-order valence-corrected chi connectivity index (χ1v) is 7.05. The second-order valence-electron chi connectivity index (χ2n) is 4.50. The first-order valence-electron chi connectivity index (χ1n) is 6.17. The maximum Gasteiger partial charge on any atom is 0.0931 e. The third-order valence-electron chi connectivity index (χ3n) is 3.09. The maximum absolute atomic E-state index is 4.69. The standard InChI is InChI=1S/C12H21N3S/c1-13-6-4-11-9-16-12(15-11)7-10-3-2-5-14-8-10/h9-10,13-14H,2-8H2,1H3. The molecule has 1 unspecified atom stereocenters. The first-order chi connectivity index (χ1) is 7.88. The van der Waals surface area contributed by atoms with E-state index in [2.05, 4.69) is 16.0 Å². The van der Waals surface area contributed by atoms with E-state index in [1.807, 2.05) is 18.4 Å². The summed E-state index contributed by atoms with van der Waals surface area (Å²) in [7, 11) is 1.99. The van der Waals surface area contributed by atoms with Crippen molar-refractivity contribution in [1.82, 2.24) is 15.6 Å². The average Bonchev–Trinajstić information content (AvgIpc) is 2.75. The number of thiazole rings is 1. The summed E-state index contributed by atoms with van der Waals surface area (Å²) in [5.74, 6) is 0.803. The van der Waals surface area contributed by atoms with Crippen LogP contribution in [-0.2, 0) is 12.8 Å². The molecule has 0 aromatic carbocycles. The zero-order chi connectivity index (χ0) is 11.2. The summed E-state index contributed by atoms with van der Waals surface area (Å²) in [5.41, 5.74) is 1.25. The van der Waals surface area contributed by atoms with Crippen LogP contribution in [0.25, 0.3) is 0 Å². The molecular formula is C12H21N3S. The normalized spacial score (nSPS) is 21.2. The number of piperidine rings is 1. The van der Waals surface area contributed by atoms with Gasteiger partial charge >= 0.3 is 0 Å². The van der Waals surface area contributed by atoms with E-state index in [-0.39, 0.29) is 0 Å². The van der Waals surface area contributed by atoms with Crippen LogP contribution in [0.15, 0.2) is 5.38 Å². The summed E-state index contributed by atoms with van der Waals surface area (Å²) in [6.45, 7) is 3.39. The van der Waals surface area contributed by atoms with Crippen LogP contribution in [0.1, 0.15) is 23.5 Å². The van der Waals surface area contributed by atoms with Crippen molar-refractivity contribution >= 4 is 11.3 Å². The van der Waals surface area contributed by atoms with Crippen molar-refractivity contribution in [1.29, 1.82) is 0 Å². The van der Waals surface area contributed by atoms with Gasteiger partial charge in [0, 0.05) is 24.8 Å². The summed E-state index contributed by atoms with van der Waals surface area (Å²) < 4.78 is 0. The van der Waals surface area contributed by atoms with Gasteiger partial charge in [-0.2, -0.15) is 0 Å². The number of hydrogen-bond donors (Lipinski definition) is 2. The second kappa shape index (κ2) is 6.33. The van der Waals surface area contributed by atoms with Gasteiger partial charge in [-0.25, -0.2) is 4.98 Å². The van der Waals surface area contributed by atoms with Gasteiger partial charge < -0.3 is 10.6 Å². The molecule has 1 aromatic heterocycles. The minimum Gasteiger partial charge on any atom is -0.319 e. The molecule has 1 aliphatic heterocycles. The molecule has 2 heterocycles. The Labute approximate surface area is 102 Å². The predicted octanol–water partition coefficient (Wildman–Crippen LogP) is 1.45. The number of hydrogen-bond acceptors (Lipinski definition) is 4. The lowest BCUT2D eigenvalue weighted by Crippen LogP contribution is -2.30. The number of nitrogens with one attached hydrogen (secondary N) is 2. The molecule has 0 spiro atoms. The lowest BCUT2D eigenvalue weighted by molar-refractivity contribution is 0.375. The van der Waals surface area contributed by atoms with Crippen LogP contribution in [0, 0.1) is 5.92 Å². The van der Waals surface area contributed by atoms with Crippen LogP contribution in [0.2, 0.25) is 0 Å². The van der Waals surface area contributed by atoms with Crippen LogP contribution in [0.4, 0.5) is 0 Å². The van der Waals surface area contributed by atoms with Crippen molar-refractivity contribution in [3.05, 3.63) is 16.1 Å². The highest BCUT2D eigenvalue weighted by atomic mass is 32.1. The molecule has 3 nitrogen and oxygen atoms in total. The van der Waals surface area contributed by atoms with Gasteiger partial charge in [0.2, 0.25) is 0 Å². The molecular weight excluding hydrogens is 218 g/mol. The van der Waals surface area contributed by atoms with Gasteiger partial charge in [0.15, 0.2) is 0 Å². The van der Waals surface area contributed by atoms with Gasteiger partial charge in [-0.1, -0.05) is 0 Å². The molecule has 16 heavy (non-hydrogen) atoms. The lowest BCUT2D eigenvalue weighted by Gasteiger charge is -2.21. The van der Waals surface area contributed by atoms with Gasteiger partial charge in [-0.05, 0) is 38.9 Å². The molecule has 0 amide bonds. The lowest BCUT2D eigenvalue weighted by atomic mass is 9.97. The van der Waals surface area contributed by atoms with Crippen molar-refractivity contribution in [2.45, 2.75) is 25.7 Å². The largest absolute Gasteiger partial charge is 0.319 e. The highest BCUT2D eigenvalue weighted by Gasteiger charge is 2.15. The van der Waals surface area contributed by atoms with E-state index in [0.29, 0.717) is 0 Å². The predicted molar refractivity (Wildman–Crippen MR) is 69.0 cm³/mol. The van der Waals surface area contributed by atoms with Crippen LogP contribution in [-0.4, -0.2) is 31.7 Å². The van der Waals surface area contributed by atoms with Crippen molar-refractivity contribution in [2.75, 3.05) is 26.7 Å². The number of nitrogens with zero attached hydrogens (tertiary/aromatic N) is 1. The second-order valence-corrected chi connectivity index (χ2v) is 5.45. The Bertz CT molecular complexity index is 305. The molecule has 2 rings (SSSR count). The molecule has 1 saturated heterocycles. The molecule has 1 atom stereocenters. The van der Waals surface area contributed by atoms with Crippen molar-refractivity contribution in [3.8, 4) is 0 Å². The Balaban J connectivity index is 1.81. The summed E-state index contributed by atoms with van der Waals surface area (Å²) in [6.07, 6.45) is 4.90. The molecule has 0 radical (unpaired) electrons. The fourth-order valence-corrected chi connectivity index (χ4v) is 3.10. The fourth-order valence-electron chi connectivity index (χ4n) is 2.16. The topological polar surface area (TPSA) is 37.0 Å². The maximum atomic E-state index is 4.69. The number of likely N-dealkylation sites (N-methyl/N-ethyl adjacent to an activating group) is 1. The minimum atomic E-state index is 0.803. The summed E-state index contributed by atoms with van der Waals surface area (Å²) in [4.78, 5) is 4.69. The van der Waals surface area contributed by atoms with Crippen LogP contribution < -0.4 is 10.6 Å². The summed E-state index contributed by atoms with van der Waals surface area (Å²) >= 11 is 1.83. The third kappa shape index (κ3) is 3.54. The van der Waals surface area contributed by atoms with Crippen molar-refractivity contribution in [3.63, 3.8) is 0 Å². The SMILES string of the molecule is CNCCc1csc(CC2CCCNC2)n1. The average molecular weight is 239 g/mol. The zero-order valence-corrected chi connectivity index (χ0v) is 10.8. The highest BCUT2D eigenvalue weighted by Crippen LogP contribution is 2.19. The van der Waals surface area contributed by atoms with Crippen LogP contribution in [0.5, 0.6) is 0 Å². The van der Waals surface area contributed by atoms with E-state index < -0.39 is 0 Å². The van der Waals surface area contributed by atoms with E-state index in [9.17, 15) is 0 Å². The number of rotatable bonds is 5. The summed E-state index contributed by atoms with van der Waals surface area (Å²) in [6, 6.07) is 0. The van der Waals surface area contributed by atoms with E-state index in [4.69, 9.17) is 4.98 Å². The Kier molecular flexibility index (Phi) is 4.75. The molecule has 2 N–H and O–H groups in total. The van der Waals surface area contributed by atoms with Gasteiger partial charge in [0.1, 0.15) is 0 Å². The summed E-state index contributed by atoms with van der Waals surface area (Å²) in [5, 5.41) is 10.2. The Morgan fingerprint density at radius 2 is 2.56 bits per heavy atom. The molecule has 0 aliphatic carbocycles. The molecule has 0 saturated carbocycles. The van der Waals surface area contributed by atoms with E-state index in [1.54, 1.807) is 0 Å². The minimum absolute atomic E-state index is 0.803. The molecule has 0 bridgehead atoms. The first kappa shape index (κ1) is 12.0. The quantitative estimate of drug-likeness (QED) is 0.816. The number of aromatic nitrogens is 1. The smallest absolute Gasteiger partial charge is 0.0931 e. The molecule has 90 valence electrons. The van der Waals surface area contributed by atoms with E-state index in [1.165, 1.54) is 36.6 Å². The Morgan fingerprint density at radius 3 is 3.31 bits per heavy atom. The van der Waals surface area contributed by atoms with Crippen LogP contribution >= 0.6 is 11.3 Å². The van der Waals surface area contributed by atoms with Crippen molar-refractivity contribution in [2.24, 2.45) is 5.92 Å². The fraction of sp³-hybridized carbons (Fsp3) is 0.750. The Morgan fingerprint density at radius 1 is 1.62 bits per heavy atom. The van der Waals surface area contributed by atoms with Gasteiger partial charge in [-0.15, -0.1) is 11.3 Å². The van der Waals surface area contributed by atoms with E-state index >= 15 is 0 Å². The van der Waals surface area contributed by atoms with Gasteiger partial charge in [-0.3, -0.25) is 0 Å². The van der Waals surface area contributed by atoms with Gasteiger partial charge in [0.05, 0.1) is 10.7 Å². The van der Waals surface area contributed by atoms with Gasteiger partial charge in [0.25, 0.3) is 0 Å². The third-order valence-corrected chi connectivity index (χ3v) is 4.01. The Hall–Kier alpha value is -0.450. The zero-order valence-electron chi connectivity index (χ0n) is 9.96. The van der Waals surface area contributed by atoms with Crippen molar-refractivity contribution < 1.29 is 0 Å². The van der Waals surface area contributed by atoms with E-state index in [0.717, 1.165) is 25.3 Å². The molecule has 1 aliphatic rings.